The topological polar surface area (TPSA) is 96.3 Å². The lowest BCUT2D eigenvalue weighted by Crippen LogP contribution is -2.59. The average molecular weight is 597 g/mol. The molecule has 3 aromatic carbocycles. The Bertz CT molecular complexity index is 1600. The number of para-hydroxylation sites is 1. The number of hydrogen-bond donors (Lipinski definition) is 2. The Labute approximate surface area is 258 Å². The standard InChI is InChI=1S/C35H40N4O5/c1-43-19-5-17-37-22-27(31-8-2-3-9-32(31)37)23-39(28-12-13-28)35(42)33-21-36-16-18-38(33)29-7-4-6-26(20-29)25-10-14-30(15-11-25)44-24-34(40)41/h2-4,6-11,14-15,20,22,28,33,36H,5,12-13,16-19,21,23-24H2,1H3,(H,40,41). The summed E-state index contributed by atoms with van der Waals surface area (Å²) in [6.45, 7) is 3.96. The highest BCUT2D eigenvalue weighted by atomic mass is 16.5. The van der Waals surface area contributed by atoms with Crippen LogP contribution >= 0.6 is 0 Å². The number of piperazine rings is 1. The molecule has 1 aromatic heterocycles. The average Bonchev–Trinajstić information content (AvgIpc) is 3.85. The van der Waals surface area contributed by atoms with Crippen LogP contribution in [0.4, 0.5) is 5.69 Å². The van der Waals surface area contributed by atoms with Crippen LogP contribution in [0.1, 0.15) is 24.8 Å². The molecule has 1 saturated heterocycles. The minimum absolute atomic E-state index is 0.168. The van der Waals surface area contributed by atoms with Gasteiger partial charge in [0.1, 0.15) is 11.8 Å². The molecule has 9 heteroatoms. The molecule has 2 heterocycles. The van der Waals surface area contributed by atoms with Crippen LogP contribution in [-0.4, -0.2) is 78.5 Å². The lowest BCUT2D eigenvalue weighted by molar-refractivity contribution is -0.139. The van der Waals surface area contributed by atoms with Crippen molar-refractivity contribution in [3.05, 3.63) is 84.6 Å². The van der Waals surface area contributed by atoms with Crippen molar-refractivity contribution in [1.82, 2.24) is 14.8 Å². The molecular formula is C35H40N4O5. The maximum atomic E-state index is 14.4. The van der Waals surface area contributed by atoms with E-state index < -0.39 is 5.97 Å². The molecule has 1 atom stereocenters. The zero-order chi connectivity index (χ0) is 30.5. The summed E-state index contributed by atoms with van der Waals surface area (Å²) in [4.78, 5) is 29.6. The number of carboxylic acid groups (broad SMARTS) is 1. The summed E-state index contributed by atoms with van der Waals surface area (Å²) in [5.74, 6) is -0.327. The highest BCUT2D eigenvalue weighted by molar-refractivity contribution is 5.88. The van der Waals surface area contributed by atoms with Crippen molar-refractivity contribution < 1.29 is 24.2 Å². The minimum Gasteiger partial charge on any atom is -0.482 e. The number of nitrogens with zero attached hydrogens (tertiary/aromatic N) is 3. The van der Waals surface area contributed by atoms with Gasteiger partial charge in [-0.3, -0.25) is 4.79 Å². The SMILES string of the molecule is COCCCn1cc(CN(C(=O)C2CNCCN2c2cccc(-c3ccc(OCC(=O)O)cc3)c2)C2CC2)c2ccccc21. The predicted molar refractivity (Wildman–Crippen MR) is 171 cm³/mol. The molecule has 230 valence electrons. The molecule has 4 aromatic rings. The van der Waals surface area contributed by atoms with Gasteiger partial charge in [0.15, 0.2) is 6.61 Å². The Morgan fingerprint density at radius 3 is 2.61 bits per heavy atom. The maximum absolute atomic E-state index is 14.4. The van der Waals surface area contributed by atoms with Crippen LogP contribution in [0, 0.1) is 0 Å². The van der Waals surface area contributed by atoms with Crippen molar-refractivity contribution >= 4 is 28.5 Å². The second-order valence-corrected chi connectivity index (χ2v) is 11.6. The summed E-state index contributed by atoms with van der Waals surface area (Å²) in [6, 6.07) is 24.1. The number of rotatable bonds is 13. The summed E-state index contributed by atoms with van der Waals surface area (Å²) in [5.41, 5.74) is 5.41. The highest BCUT2D eigenvalue weighted by Crippen LogP contribution is 2.34. The second-order valence-electron chi connectivity index (χ2n) is 11.6. The third-order valence-electron chi connectivity index (χ3n) is 8.49. The van der Waals surface area contributed by atoms with Crippen LogP contribution in [0.3, 0.4) is 0 Å². The second kappa shape index (κ2) is 13.5. The lowest BCUT2D eigenvalue weighted by Gasteiger charge is -2.40. The summed E-state index contributed by atoms with van der Waals surface area (Å²) in [7, 11) is 1.73. The van der Waals surface area contributed by atoms with E-state index in [-0.39, 0.29) is 24.6 Å². The summed E-state index contributed by atoms with van der Waals surface area (Å²) in [6.07, 6.45) is 5.24. The number of carbonyl (C=O) groups excluding carboxylic acids is 1. The molecule has 9 nitrogen and oxygen atoms in total. The number of ether oxygens (including phenoxy) is 2. The molecule has 1 aliphatic heterocycles. The third kappa shape index (κ3) is 6.74. The number of nitrogens with one attached hydrogen (secondary N) is 1. The van der Waals surface area contributed by atoms with Gasteiger partial charge >= 0.3 is 5.97 Å². The van der Waals surface area contributed by atoms with Gasteiger partial charge in [-0.1, -0.05) is 42.5 Å². The van der Waals surface area contributed by atoms with Crippen LogP contribution in [0.25, 0.3) is 22.0 Å². The van der Waals surface area contributed by atoms with E-state index >= 15 is 0 Å². The molecule has 1 amide bonds. The number of aromatic nitrogens is 1. The van der Waals surface area contributed by atoms with Gasteiger partial charge in [-0.05, 0) is 66.3 Å². The third-order valence-corrected chi connectivity index (χ3v) is 8.49. The molecule has 2 N–H and O–H groups in total. The van der Waals surface area contributed by atoms with Gasteiger partial charge in [0.05, 0.1) is 0 Å². The minimum atomic E-state index is -1.01. The number of anilines is 1. The molecule has 1 saturated carbocycles. The number of methoxy groups -OCH3 is 1. The Morgan fingerprint density at radius 1 is 1.02 bits per heavy atom. The molecule has 0 radical (unpaired) electrons. The predicted octanol–water partition coefficient (Wildman–Crippen LogP) is 4.78. The first-order chi connectivity index (χ1) is 21.5. The van der Waals surface area contributed by atoms with Crippen LogP contribution in [-0.2, 0) is 27.4 Å². The largest absolute Gasteiger partial charge is 0.482 e. The molecule has 6 rings (SSSR count). The van der Waals surface area contributed by atoms with Crippen LogP contribution in [0.2, 0.25) is 0 Å². The molecule has 0 spiro atoms. The van der Waals surface area contributed by atoms with Crippen molar-refractivity contribution in [3.8, 4) is 16.9 Å². The van der Waals surface area contributed by atoms with Crippen molar-refractivity contribution in [2.75, 3.05) is 44.9 Å². The Morgan fingerprint density at radius 2 is 1.84 bits per heavy atom. The number of carbonyl (C=O) groups is 2. The molecule has 2 fully saturated rings. The van der Waals surface area contributed by atoms with E-state index in [2.05, 4.69) is 68.3 Å². The zero-order valence-corrected chi connectivity index (χ0v) is 25.2. The summed E-state index contributed by atoms with van der Waals surface area (Å²) in [5, 5.41) is 13.5. The number of benzene rings is 3. The first-order valence-electron chi connectivity index (χ1n) is 15.4. The first kappa shape index (κ1) is 29.7. The number of carboxylic acids is 1. The fourth-order valence-electron chi connectivity index (χ4n) is 6.15. The summed E-state index contributed by atoms with van der Waals surface area (Å²) < 4.78 is 12.9. The van der Waals surface area contributed by atoms with Crippen molar-refractivity contribution in [2.24, 2.45) is 0 Å². The smallest absolute Gasteiger partial charge is 0.341 e. The lowest BCUT2D eigenvalue weighted by atomic mass is 10.0. The van der Waals surface area contributed by atoms with Gasteiger partial charge in [0.25, 0.3) is 0 Å². The van der Waals surface area contributed by atoms with E-state index in [1.54, 1.807) is 19.2 Å². The Hall–Kier alpha value is -4.34. The fourth-order valence-corrected chi connectivity index (χ4v) is 6.15. The Balaban J connectivity index is 1.22. The van der Waals surface area contributed by atoms with Crippen molar-refractivity contribution in [2.45, 2.75) is 44.4 Å². The van der Waals surface area contributed by atoms with E-state index in [1.165, 1.54) is 16.5 Å². The number of aliphatic carboxylic acids is 1. The number of aryl methyl sites for hydroxylation is 1. The molecule has 44 heavy (non-hydrogen) atoms. The van der Waals surface area contributed by atoms with Crippen molar-refractivity contribution in [1.29, 1.82) is 0 Å². The van der Waals surface area contributed by atoms with Gasteiger partial charge in [-0.25, -0.2) is 4.79 Å². The molecule has 0 bridgehead atoms. The number of hydrogen-bond acceptors (Lipinski definition) is 6. The first-order valence-corrected chi connectivity index (χ1v) is 15.4. The quantitative estimate of drug-likeness (QED) is 0.215. The van der Waals surface area contributed by atoms with Crippen LogP contribution in [0.15, 0.2) is 79.0 Å². The van der Waals surface area contributed by atoms with E-state index in [0.29, 0.717) is 25.4 Å². The van der Waals surface area contributed by atoms with E-state index in [0.717, 1.165) is 55.7 Å². The number of fused-ring (bicyclic) bond motifs is 1. The zero-order valence-electron chi connectivity index (χ0n) is 25.2. The van der Waals surface area contributed by atoms with E-state index in [1.807, 2.05) is 18.2 Å². The van der Waals surface area contributed by atoms with Gasteiger partial charge in [0, 0.05) is 75.3 Å². The normalized spacial score (nSPS) is 16.7. The molecule has 1 aliphatic carbocycles. The molecule has 1 unspecified atom stereocenters. The summed E-state index contributed by atoms with van der Waals surface area (Å²) >= 11 is 0. The van der Waals surface area contributed by atoms with Gasteiger partial charge in [-0.2, -0.15) is 0 Å². The van der Waals surface area contributed by atoms with E-state index in [4.69, 9.17) is 14.6 Å². The molecular weight excluding hydrogens is 556 g/mol. The molecule has 2 aliphatic rings. The van der Waals surface area contributed by atoms with Gasteiger partial charge in [0.2, 0.25) is 5.91 Å². The highest BCUT2D eigenvalue weighted by Gasteiger charge is 2.39. The maximum Gasteiger partial charge on any atom is 0.341 e. The van der Waals surface area contributed by atoms with E-state index in [9.17, 15) is 9.59 Å². The fraction of sp³-hybridized carbons (Fsp3) is 0.371. The monoisotopic (exact) mass is 596 g/mol. The van der Waals surface area contributed by atoms with Crippen LogP contribution < -0.4 is 15.0 Å². The van der Waals surface area contributed by atoms with Crippen molar-refractivity contribution in [3.63, 3.8) is 0 Å². The van der Waals surface area contributed by atoms with Gasteiger partial charge < -0.3 is 34.3 Å². The van der Waals surface area contributed by atoms with Crippen LogP contribution in [0.5, 0.6) is 5.75 Å². The van der Waals surface area contributed by atoms with Gasteiger partial charge in [-0.15, -0.1) is 0 Å². The Kier molecular flexibility index (Phi) is 9.14. The number of amides is 1.